The Bertz CT molecular complexity index is 1020. The molecule has 2 aromatic carbocycles. The standard InChI is InChI=1S/C18H17N5O3S2/c1-11-7-8-14(15(9-11)23(25)26)19-16(24)10-27-18-22-21-17(28-18)20-13-6-4-3-5-12(13)2/h3-9H,10H2,1-2H3,(H,19,24)(H,20,21). The molecule has 2 N–H and O–H groups in total. The number of benzene rings is 2. The van der Waals surface area contributed by atoms with Gasteiger partial charge in [-0.15, -0.1) is 10.2 Å². The topological polar surface area (TPSA) is 110 Å². The number of hydrogen-bond acceptors (Lipinski definition) is 8. The predicted molar refractivity (Wildman–Crippen MR) is 112 cm³/mol. The minimum Gasteiger partial charge on any atom is -0.330 e. The Balaban J connectivity index is 1.58. The maximum absolute atomic E-state index is 12.2. The molecule has 0 unspecified atom stereocenters. The first kappa shape index (κ1) is 19.8. The van der Waals surface area contributed by atoms with Crippen LogP contribution >= 0.6 is 23.1 Å². The van der Waals surface area contributed by atoms with E-state index in [9.17, 15) is 14.9 Å². The highest BCUT2D eigenvalue weighted by Gasteiger charge is 2.16. The molecular formula is C18H17N5O3S2. The normalized spacial score (nSPS) is 10.5. The summed E-state index contributed by atoms with van der Waals surface area (Å²) >= 11 is 2.56. The Morgan fingerprint density at radius 1 is 1.18 bits per heavy atom. The summed E-state index contributed by atoms with van der Waals surface area (Å²) in [5, 5.41) is 25.7. The van der Waals surface area contributed by atoms with Crippen LogP contribution in [0.1, 0.15) is 11.1 Å². The van der Waals surface area contributed by atoms with E-state index in [0.717, 1.165) is 16.8 Å². The van der Waals surface area contributed by atoms with Crippen LogP contribution in [0.3, 0.4) is 0 Å². The number of nitrogens with zero attached hydrogens (tertiary/aromatic N) is 3. The molecule has 0 aliphatic rings. The van der Waals surface area contributed by atoms with Crippen molar-refractivity contribution in [2.24, 2.45) is 0 Å². The molecule has 8 nitrogen and oxygen atoms in total. The van der Waals surface area contributed by atoms with Gasteiger partial charge in [-0.05, 0) is 37.1 Å². The molecule has 0 aliphatic heterocycles. The summed E-state index contributed by atoms with van der Waals surface area (Å²) in [4.78, 5) is 22.8. The van der Waals surface area contributed by atoms with Gasteiger partial charge in [0.2, 0.25) is 11.0 Å². The number of carbonyl (C=O) groups is 1. The van der Waals surface area contributed by atoms with Gasteiger partial charge in [0, 0.05) is 11.8 Å². The number of anilines is 3. The summed E-state index contributed by atoms with van der Waals surface area (Å²) in [6.07, 6.45) is 0. The van der Waals surface area contributed by atoms with Crippen LogP contribution in [0.15, 0.2) is 46.8 Å². The zero-order valence-corrected chi connectivity index (χ0v) is 16.8. The van der Waals surface area contributed by atoms with E-state index in [1.165, 1.54) is 35.2 Å². The van der Waals surface area contributed by atoms with Crippen LogP contribution < -0.4 is 10.6 Å². The molecule has 1 amide bonds. The molecular weight excluding hydrogens is 398 g/mol. The fraction of sp³-hybridized carbons (Fsp3) is 0.167. The van der Waals surface area contributed by atoms with Crippen molar-refractivity contribution in [1.29, 1.82) is 0 Å². The van der Waals surface area contributed by atoms with Gasteiger partial charge in [0.25, 0.3) is 5.69 Å². The first-order valence-corrected chi connectivity index (χ1v) is 10.1. The quantitative estimate of drug-likeness (QED) is 0.331. The van der Waals surface area contributed by atoms with E-state index in [2.05, 4.69) is 20.8 Å². The van der Waals surface area contributed by atoms with Crippen LogP contribution in [0.5, 0.6) is 0 Å². The molecule has 0 saturated heterocycles. The number of aryl methyl sites for hydroxylation is 2. The average molecular weight is 416 g/mol. The van der Waals surface area contributed by atoms with Crippen molar-refractivity contribution in [3.63, 3.8) is 0 Å². The van der Waals surface area contributed by atoms with Crippen LogP contribution in [0.25, 0.3) is 0 Å². The van der Waals surface area contributed by atoms with E-state index in [4.69, 9.17) is 0 Å². The van der Waals surface area contributed by atoms with E-state index in [1.807, 2.05) is 31.2 Å². The van der Waals surface area contributed by atoms with Gasteiger partial charge in [-0.1, -0.05) is 47.4 Å². The number of nitrogens with one attached hydrogen (secondary N) is 2. The van der Waals surface area contributed by atoms with E-state index in [-0.39, 0.29) is 23.0 Å². The Hall–Kier alpha value is -2.98. The first-order valence-electron chi connectivity index (χ1n) is 8.26. The van der Waals surface area contributed by atoms with Crippen LogP contribution in [0.2, 0.25) is 0 Å². The average Bonchev–Trinajstić information content (AvgIpc) is 3.11. The largest absolute Gasteiger partial charge is 0.330 e. The number of carbonyl (C=O) groups excluding carboxylic acids is 1. The molecule has 0 atom stereocenters. The summed E-state index contributed by atoms with van der Waals surface area (Å²) in [7, 11) is 0. The Labute approximate surface area is 169 Å². The van der Waals surface area contributed by atoms with Crippen molar-refractivity contribution in [3.8, 4) is 0 Å². The number of amides is 1. The lowest BCUT2D eigenvalue weighted by molar-refractivity contribution is -0.384. The zero-order valence-electron chi connectivity index (χ0n) is 15.1. The van der Waals surface area contributed by atoms with Crippen molar-refractivity contribution < 1.29 is 9.72 Å². The van der Waals surface area contributed by atoms with Crippen LogP contribution in [0.4, 0.5) is 22.2 Å². The summed E-state index contributed by atoms with van der Waals surface area (Å²) < 4.78 is 0.629. The van der Waals surface area contributed by atoms with Gasteiger partial charge in [0.05, 0.1) is 10.7 Å². The summed E-state index contributed by atoms with van der Waals surface area (Å²) in [5.74, 6) is -0.273. The summed E-state index contributed by atoms with van der Waals surface area (Å²) in [5.41, 5.74) is 2.84. The molecule has 28 heavy (non-hydrogen) atoms. The predicted octanol–water partition coefficient (Wildman–Crippen LogP) is 4.54. The van der Waals surface area contributed by atoms with E-state index < -0.39 is 4.92 Å². The van der Waals surface area contributed by atoms with Gasteiger partial charge in [0.1, 0.15) is 5.69 Å². The van der Waals surface area contributed by atoms with Crippen molar-refractivity contribution in [2.45, 2.75) is 18.2 Å². The lowest BCUT2D eigenvalue weighted by Gasteiger charge is -2.06. The van der Waals surface area contributed by atoms with Crippen LogP contribution in [0, 0.1) is 24.0 Å². The fourth-order valence-electron chi connectivity index (χ4n) is 2.36. The molecule has 0 bridgehead atoms. The molecule has 144 valence electrons. The molecule has 0 spiro atoms. The number of thioether (sulfide) groups is 1. The highest BCUT2D eigenvalue weighted by atomic mass is 32.2. The van der Waals surface area contributed by atoms with Gasteiger partial charge in [-0.3, -0.25) is 14.9 Å². The van der Waals surface area contributed by atoms with Gasteiger partial charge in [-0.25, -0.2) is 0 Å². The fourth-order valence-corrected chi connectivity index (χ4v) is 3.92. The third-order valence-corrected chi connectivity index (χ3v) is 5.72. The molecule has 1 aromatic heterocycles. The van der Waals surface area contributed by atoms with Gasteiger partial charge in [0.15, 0.2) is 4.34 Å². The third kappa shape index (κ3) is 5.05. The monoisotopic (exact) mass is 415 g/mol. The van der Waals surface area contributed by atoms with Gasteiger partial charge >= 0.3 is 0 Å². The molecule has 3 rings (SSSR count). The van der Waals surface area contributed by atoms with E-state index >= 15 is 0 Å². The maximum atomic E-state index is 12.2. The lowest BCUT2D eigenvalue weighted by atomic mass is 10.2. The summed E-state index contributed by atoms with van der Waals surface area (Å²) in [6, 6.07) is 12.5. The molecule has 0 aliphatic carbocycles. The second-order valence-corrected chi connectivity index (χ2v) is 8.13. The number of para-hydroxylation sites is 1. The second-order valence-electron chi connectivity index (χ2n) is 5.93. The SMILES string of the molecule is Cc1ccc(NC(=O)CSc2nnc(Nc3ccccc3C)s2)c([N+](=O)[O-])c1. The minimum absolute atomic E-state index is 0.0734. The lowest BCUT2D eigenvalue weighted by Crippen LogP contribution is -2.15. The number of hydrogen-bond donors (Lipinski definition) is 2. The maximum Gasteiger partial charge on any atom is 0.293 e. The van der Waals surface area contributed by atoms with Crippen molar-refractivity contribution in [3.05, 3.63) is 63.7 Å². The van der Waals surface area contributed by atoms with Gasteiger partial charge in [-0.2, -0.15) is 0 Å². The smallest absolute Gasteiger partial charge is 0.293 e. The van der Waals surface area contributed by atoms with Crippen molar-refractivity contribution in [1.82, 2.24) is 10.2 Å². The summed E-state index contributed by atoms with van der Waals surface area (Å²) in [6.45, 7) is 3.75. The second kappa shape index (κ2) is 8.81. The number of nitro groups is 1. The van der Waals surface area contributed by atoms with Crippen molar-refractivity contribution in [2.75, 3.05) is 16.4 Å². The van der Waals surface area contributed by atoms with Crippen LogP contribution in [-0.4, -0.2) is 26.8 Å². The number of rotatable bonds is 7. The van der Waals surface area contributed by atoms with Crippen LogP contribution in [-0.2, 0) is 4.79 Å². The Kier molecular flexibility index (Phi) is 6.22. The molecule has 3 aromatic rings. The van der Waals surface area contributed by atoms with Crippen molar-refractivity contribution >= 4 is 51.2 Å². The zero-order chi connectivity index (χ0) is 20.1. The number of nitro benzene ring substituents is 1. The molecule has 0 fully saturated rings. The molecule has 0 radical (unpaired) electrons. The Morgan fingerprint density at radius 3 is 2.71 bits per heavy atom. The molecule has 10 heteroatoms. The van der Waals surface area contributed by atoms with E-state index in [0.29, 0.717) is 9.47 Å². The third-order valence-electron chi connectivity index (χ3n) is 3.74. The highest BCUT2D eigenvalue weighted by molar-refractivity contribution is 8.01. The molecule has 1 heterocycles. The molecule has 0 saturated carbocycles. The Morgan fingerprint density at radius 2 is 1.96 bits per heavy atom. The number of aromatic nitrogens is 2. The highest BCUT2D eigenvalue weighted by Crippen LogP contribution is 2.29. The minimum atomic E-state index is -0.510. The first-order chi connectivity index (χ1) is 13.4. The van der Waals surface area contributed by atoms with Gasteiger partial charge < -0.3 is 10.6 Å². The van der Waals surface area contributed by atoms with E-state index in [1.54, 1.807) is 13.0 Å².